The van der Waals surface area contributed by atoms with Gasteiger partial charge in [-0.3, -0.25) is 0 Å². The molecule has 0 atom stereocenters. The van der Waals surface area contributed by atoms with E-state index in [2.05, 4.69) is 36.1 Å². The minimum Gasteiger partial charge on any atom is -0.306 e. The highest BCUT2D eigenvalue weighted by Gasteiger charge is 2.10. The van der Waals surface area contributed by atoms with E-state index in [1.807, 2.05) is 0 Å². The molecule has 0 unspecified atom stereocenters. The molecule has 0 aliphatic carbocycles. The van der Waals surface area contributed by atoms with E-state index in [-0.39, 0.29) is 5.54 Å². The molecule has 1 heterocycles. The molecule has 0 saturated carbocycles. The van der Waals surface area contributed by atoms with Gasteiger partial charge in [-0.1, -0.05) is 0 Å². The Morgan fingerprint density at radius 2 is 1.85 bits per heavy atom. The van der Waals surface area contributed by atoms with Gasteiger partial charge in [-0.15, -0.1) is 0 Å². The fourth-order valence-corrected chi connectivity index (χ4v) is 1.62. The van der Waals surface area contributed by atoms with Crippen LogP contribution in [0.25, 0.3) is 11.4 Å². The quantitative estimate of drug-likeness (QED) is 0.935. The van der Waals surface area contributed by atoms with Crippen LogP contribution >= 0.6 is 0 Å². The molecule has 2 rings (SSSR count). The largest absolute Gasteiger partial charge is 0.306 e. The normalized spacial score (nSPS) is 11.7. The fourth-order valence-electron chi connectivity index (χ4n) is 1.62. The first-order valence-electron chi connectivity index (χ1n) is 6.37. The SMILES string of the molecule is CC(C)(C)NCc1ccnc(-c2ccc(F)c(F)c2)n1. The molecule has 20 heavy (non-hydrogen) atoms. The van der Waals surface area contributed by atoms with Gasteiger partial charge in [-0.2, -0.15) is 0 Å². The predicted octanol–water partition coefficient (Wildman–Crippen LogP) is 3.31. The van der Waals surface area contributed by atoms with E-state index in [0.717, 1.165) is 17.8 Å². The molecular weight excluding hydrogens is 260 g/mol. The molecule has 3 nitrogen and oxygen atoms in total. The number of halogens is 2. The first-order chi connectivity index (χ1) is 9.35. The average molecular weight is 277 g/mol. The topological polar surface area (TPSA) is 37.8 Å². The number of hydrogen-bond acceptors (Lipinski definition) is 3. The Hall–Kier alpha value is -1.88. The summed E-state index contributed by atoms with van der Waals surface area (Å²) in [7, 11) is 0. The van der Waals surface area contributed by atoms with Gasteiger partial charge in [0.1, 0.15) is 0 Å². The van der Waals surface area contributed by atoms with Crippen molar-refractivity contribution in [3.8, 4) is 11.4 Å². The van der Waals surface area contributed by atoms with E-state index >= 15 is 0 Å². The molecule has 0 aliphatic heterocycles. The summed E-state index contributed by atoms with van der Waals surface area (Å²) >= 11 is 0. The zero-order valence-corrected chi connectivity index (χ0v) is 11.7. The van der Waals surface area contributed by atoms with Crippen LogP contribution in [-0.4, -0.2) is 15.5 Å². The number of nitrogens with zero attached hydrogens (tertiary/aromatic N) is 2. The van der Waals surface area contributed by atoms with Gasteiger partial charge in [0.15, 0.2) is 17.5 Å². The van der Waals surface area contributed by atoms with Crippen LogP contribution < -0.4 is 5.32 Å². The predicted molar refractivity (Wildman–Crippen MR) is 74.0 cm³/mol. The summed E-state index contributed by atoms with van der Waals surface area (Å²) < 4.78 is 26.1. The van der Waals surface area contributed by atoms with Crippen LogP contribution in [0.3, 0.4) is 0 Å². The lowest BCUT2D eigenvalue weighted by Gasteiger charge is -2.20. The van der Waals surface area contributed by atoms with Gasteiger partial charge in [-0.05, 0) is 45.0 Å². The van der Waals surface area contributed by atoms with E-state index in [9.17, 15) is 8.78 Å². The van der Waals surface area contributed by atoms with Crippen LogP contribution in [0.2, 0.25) is 0 Å². The zero-order valence-electron chi connectivity index (χ0n) is 11.7. The molecule has 0 saturated heterocycles. The Balaban J connectivity index is 2.23. The van der Waals surface area contributed by atoms with E-state index < -0.39 is 11.6 Å². The van der Waals surface area contributed by atoms with Crippen molar-refractivity contribution in [3.05, 3.63) is 47.8 Å². The van der Waals surface area contributed by atoms with Gasteiger partial charge in [0.2, 0.25) is 0 Å². The molecule has 5 heteroatoms. The fraction of sp³-hybridized carbons (Fsp3) is 0.333. The lowest BCUT2D eigenvalue weighted by atomic mass is 10.1. The summed E-state index contributed by atoms with van der Waals surface area (Å²) in [4.78, 5) is 8.45. The molecule has 106 valence electrons. The highest BCUT2D eigenvalue weighted by Crippen LogP contribution is 2.18. The van der Waals surface area contributed by atoms with E-state index in [1.165, 1.54) is 6.07 Å². The molecule has 2 aromatic rings. The number of benzene rings is 1. The second kappa shape index (κ2) is 5.63. The van der Waals surface area contributed by atoms with E-state index in [4.69, 9.17) is 0 Å². The maximum atomic E-state index is 13.2. The molecule has 0 spiro atoms. The third-order valence-corrected chi connectivity index (χ3v) is 2.69. The molecule has 0 aliphatic rings. The molecule has 1 aromatic carbocycles. The van der Waals surface area contributed by atoms with Crippen LogP contribution in [0.4, 0.5) is 8.78 Å². The second-order valence-corrected chi connectivity index (χ2v) is 5.60. The lowest BCUT2D eigenvalue weighted by Crippen LogP contribution is -2.35. The number of hydrogen-bond donors (Lipinski definition) is 1. The monoisotopic (exact) mass is 277 g/mol. The van der Waals surface area contributed by atoms with Gasteiger partial charge in [-0.25, -0.2) is 18.7 Å². The standard InChI is InChI=1S/C15H17F2N3/c1-15(2,3)19-9-11-6-7-18-14(20-11)10-4-5-12(16)13(17)8-10/h4-8,19H,9H2,1-3H3. The highest BCUT2D eigenvalue weighted by molar-refractivity contribution is 5.54. The number of nitrogens with one attached hydrogen (secondary N) is 1. The summed E-state index contributed by atoms with van der Waals surface area (Å²) in [5.41, 5.74) is 1.24. The number of aromatic nitrogens is 2. The van der Waals surface area contributed by atoms with E-state index in [0.29, 0.717) is 17.9 Å². The van der Waals surface area contributed by atoms with Crippen LogP contribution in [0.1, 0.15) is 26.5 Å². The van der Waals surface area contributed by atoms with Crippen molar-refractivity contribution < 1.29 is 8.78 Å². The molecule has 0 fully saturated rings. The Bertz CT molecular complexity index is 606. The first-order valence-corrected chi connectivity index (χ1v) is 6.37. The van der Waals surface area contributed by atoms with Crippen molar-refractivity contribution in [2.75, 3.05) is 0 Å². The van der Waals surface area contributed by atoms with Crippen molar-refractivity contribution in [1.29, 1.82) is 0 Å². The Kier molecular flexibility index (Phi) is 4.09. The van der Waals surface area contributed by atoms with Crippen molar-refractivity contribution >= 4 is 0 Å². The van der Waals surface area contributed by atoms with Crippen LogP contribution in [0.15, 0.2) is 30.5 Å². The van der Waals surface area contributed by atoms with Gasteiger partial charge in [0, 0.05) is 23.8 Å². The Morgan fingerprint density at radius 3 is 2.50 bits per heavy atom. The van der Waals surface area contributed by atoms with Gasteiger partial charge < -0.3 is 5.32 Å². The van der Waals surface area contributed by atoms with Crippen LogP contribution in [-0.2, 0) is 6.54 Å². The van der Waals surface area contributed by atoms with Crippen molar-refractivity contribution in [3.63, 3.8) is 0 Å². The van der Waals surface area contributed by atoms with Crippen molar-refractivity contribution in [1.82, 2.24) is 15.3 Å². The summed E-state index contributed by atoms with van der Waals surface area (Å²) in [6.45, 7) is 6.77. The highest BCUT2D eigenvalue weighted by atomic mass is 19.2. The van der Waals surface area contributed by atoms with Crippen LogP contribution in [0, 0.1) is 11.6 Å². The molecular formula is C15H17F2N3. The second-order valence-electron chi connectivity index (χ2n) is 5.60. The number of rotatable bonds is 3. The maximum absolute atomic E-state index is 13.2. The van der Waals surface area contributed by atoms with E-state index in [1.54, 1.807) is 12.3 Å². The van der Waals surface area contributed by atoms with Gasteiger partial charge in [0.05, 0.1) is 5.69 Å². The molecule has 0 radical (unpaired) electrons. The molecule has 1 aromatic heterocycles. The molecule has 0 amide bonds. The van der Waals surface area contributed by atoms with Crippen LogP contribution in [0.5, 0.6) is 0 Å². The first kappa shape index (κ1) is 14.5. The molecule has 0 bridgehead atoms. The van der Waals surface area contributed by atoms with Gasteiger partial charge in [0.25, 0.3) is 0 Å². The summed E-state index contributed by atoms with van der Waals surface area (Å²) in [6, 6.07) is 5.44. The maximum Gasteiger partial charge on any atom is 0.159 e. The third kappa shape index (κ3) is 3.81. The summed E-state index contributed by atoms with van der Waals surface area (Å²) in [6.07, 6.45) is 1.61. The smallest absolute Gasteiger partial charge is 0.159 e. The zero-order chi connectivity index (χ0) is 14.8. The summed E-state index contributed by atoms with van der Waals surface area (Å²) in [5, 5.41) is 3.31. The Morgan fingerprint density at radius 1 is 1.10 bits per heavy atom. The Labute approximate surface area is 117 Å². The van der Waals surface area contributed by atoms with Gasteiger partial charge >= 0.3 is 0 Å². The van der Waals surface area contributed by atoms with Crippen molar-refractivity contribution in [2.24, 2.45) is 0 Å². The average Bonchev–Trinajstić information content (AvgIpc) is 2.39. The van der Waals surface area contributed by atoms with Crippen molar-refractivity contribution in [2.45, 2.75) is 32.9 Å². The minimum absolute atomic E-state index is 0.0207. The lowest BCUT2D eigenvalue weighted by molar-refractivity contribution is 0.421. The third-order valence-electron chi connectivity index (χ3n) is 2.69. The minimum atomic E-state index is -0.899. The summed E-state index contributed by atoms with van der Waals surface area (Å²) in [5.74, 6) is -1.39. The molecule has 1 N–H and O–H groups in total.